The number of aliphatic carboxylic acids is 1. The van der Waals surface area contributed by atoms with E-state index in [1.165, 1.54) is 6.20 Å². The normalized spacial score (nSPS) is 12.8. The Kier molecular flexibility index (Phi) is 2.22. The van der Waals surface area contributed by atoms with E-state index < -0.39 is 12.0 Å². The summed E-state index contributed by atoms with van der Waals surface area (Å²) >= 11 is 0. The maximum absolute atomic E-state index is 10.2. The Labute approximate surface area is 62.8 Å². The molecule has 1 rings (SSSR count). The molecular formula is C6H8N2O3. The summed E-state index contributed by atoms with van der Waals surface area (Å²) in [7, 11) is 0. The van der Waals surface area contributed by atoms with Crippen molar-refractivity contribution in [3.8, 4) is 0 Å². The number of carboxylic acids is 1. The summed E-state index contributed by atoms with van der Waals surface area (Å²) in [5.41, 5.74) is 5.22. The molecule has 0 aliphatic heterocycles. The molecule has 3 N–H and O–H groups in total. The lowest BCUT2D eigenvalue weighted by Crippen LogP contribution is -2.32. The molecule has 0 amide bonds. The second-order valence-corrected chi connectivity index (χ2v) is 2.13. The molecule has 1 aromatic rings. The van der Waals surface area contributed by atoms with Crippen molar-refractivity contribution >= 4 is 5.97 Å². The van der Waals surface area contributed by atoms with Gasteiger partial charge in [0.1, 0.15) is 11.8 Å². The van der Waals surface area contributed by atoms with Crippen LogP contribution in [-0.2, 0) is 11.2 Å². The third-order valence-corrected chi connectivity index (χ3v) is 1.23. The van der Waals surface area contributed by atoms with Gasteiger partial charge < -0.3 is 15.4 Å². The zero-order valence-electron chi connectivity index (χ0n) is 5.73. The highest BCUT2D eigenvalue weighted by molar-refractivity contribution is 5.73. The van der Waals surface area contributed by atoms with Crippen molar-refractivity contribution in [1.82, 2.24) is 5.16 Å². The van der Waals surface area contributed by atoms with E-state index in [2.05, 4.69) is 9.68 Å². The highest BCUT2D eigenvalue weighted by atomic mass is 16.5. The third kappa shape index (κ3) is 2.05. The van der Waals surface area contributed by atoms with Gasteiger partial charge in [0.25, 0.3) is 0 Å². The van der Waals surface area contributed by atoms with Crippen LogP contribution in [-0.4, -0.2) is 22.3 Å². The van der Waals surface area contributed by atoms with Gasteiger partial charge in [-0.05, 0) is 0 Å². The van der Waals surface area contributed by atoms with Crippen molar-refractivity contribution in [2.24, 2.45) is 5.73 Å². The zero-order valence-corrected chi connectivity index (χ0v) is 5.73. The molecule has 0 radical (unpaired) electrons. The van der Waals surface area contributed by atoms with E-state index >= 15 is 0 Å². The molecule has 1 aromatic heterocycles. The van der Waals surface area contributed by atoms with Gasteiger partial charge in [0, 0.05) is 12.5 Å². The fourth-order valence-corrected chi connectivity index (χ4v) is 0.651. The van der Waals surface area contributed by atoms with Crippen LogP contribution in [0.3, 0.4) is 0 Å². The van der Waals surface area contributed by atoms with E-state index in [0.29, 0.717) is 5.76 Å². The number of rotatable bonds is 3. The van der Waals surface area contributed by atoms with E-state index in [0.717, 1.165) is 0 Å². The molecule has 0 bridgehead atoms. The largest absolute Gasteiger partial charge is 0.480 e. The van der Waals surface area contributed by atoms with Crippen molar-refractivity contribution in [3.05, 3.63) is 18.0 Å². The summed E-state index contributed by atoms with van der Waals surface area (Å²) < 4.78 is 4.66. The van der Waals surface area contributed by atoms with Gasteiger partial charge in [0.2, 0.25) is 0 Å². The predicted octanol–water partition coefficient (Wildman–Crippen LogP) is -0.371. The van der Waals surface area contributed by atoms with Crippen molar-refractivity contribution < 1.29 is 14.4 Å². The van der Waals surface area contributed by atoms with Gasteiger partial charge in [-0.1, -0.05) is 5.16 Å². The topological polar surface area (TPSA) is 89.4 Å². The molecule has 0 aliphatic rings. The maximum atomic E-state index is 10.2. The molecule has 1 heterocycles. The summed E-state index contributed by atoms with van der Waals surface area (Å²) in [5.74, 6) is -0.554. The summed E-state index contributed by atoms with van der Waals surface area (Å²) in [6.07, 6.45) is 1.62. The van der Waals surface area contributed by atoms with Crippen LogP contribution in [0.15, 0.2) is 16.8 Å². The fraction of sp³-hybridized carbons (Fsp3) is 0.333. The highest BCUT2D eigenvalue weighted by Gasteiger charge is 2.13. The lowest BCUT2D eigenvalue weighted by molar-refractivity contribution is -0.138. The highest BCUT2D eigenvalue weighted by Crippen LogP contribution is 1.99. The van der Waals surface area contributed by atoms with Crippen LogP contribution in [0.1, 0.15) is 5.76 Å². The Bertz CT molecular complexity index is 232. The van der Waals surface area contributed by atoms with Crippen LogP contribution in [0.4, 0.5) is 0 Å². The lowest BCUT2D eigenvalue weighted by atomic mass is 10.2. The Morgan fingerprint density at radius 2 is 2.64 bits per heavy atom. The van der Waals surface area contributed by atoms with E-state index in [1.54, 1.807) is 6.07 Å². The second-order valence-electron chi connectivity index (χ2n) is 2.13. The van der Waals surface area contributed by atoms with Crippen LogP contribution in [0.25, 0.3) is 0 Å². The van der Waals surface area contributed by atoms with E-state index in [9.17, 15) is 4.79 Å². The van der Waals surface area contributed by atoms with E-state index in [4.69, 9.17) is 10.8 Å². The SMILES string of the molecule is N[C@@H](Cc1ccno1)C(=O)O. The Morgan fingerprint density at radius 3 is 3.09 bits per heavy atom. The van der Waals surface area contributed by atoms with Crippen LogP contribution in [0.5, 0.6) is 0 Å². The summed E-state index contributed by atoms with van der Waals surface area (Å²) in [6.45, 7) is 0. The first-order valence-electron chi connectivity index (χ1n) is 3.08. The quantitative estimate of drug-likeness (QED) is 0.623. The Balaban J connectivity index is 2.50. The van der Waals surface area contributed by atoms with Crippen LogP contribution in [0, 0.1) is 0 Å². The first-order valence-corrected chi connectivity index (χ1v) is 3.08. The Morgan fingerprint density at radius 1 is 1.91 bits per heavy atom. The van der Waals surface area contributed by atoms with Gasteiger partial charge in [-0.2, -0.15) is 0 Å². The average Bonchev–Trinajstić information content (AvgIpc) is 2.39. The standard InChI is InChI=1S/C6H8N2O3/c7-5(6(9)10)3-4-1-2-8-11-4/h1-2,5H,3,7H2,(H,9,10)/t5-/m0/s1. The molecule has 11 heavy (non-hydrogen) atoms. The predicted molar refractivity (Wildman–Crippen MR) is 35.8 cm³/mol. The molecular weight excluding hydrogens is 148 g/mol. The molecule has 0 saturated heterocycles. The molecule has 1 atom stereocenters. The van der Waals surface area contributed by atoms with Gasteiger partial charge in [0.15, 0.2) is 0 Å². The van der Waals surface area contributed by atoms with Gasteiger partial charge in [-0.3, -0.25) is 4.79 Å². The van der Waals surface area contributed by atoms with Gasteiger partial charge in [-0.25, -0.2) is 0 Å². The number of hydrogen-bond acceptors (Lipinski definition) is 4. The van der Waals surface area contributed by atoms with Gasteiger partial charge in [-0.15, -0.1) is 0 Å². The maximum Gasteiger partial charge on any atom is 0.320 e. The summed E-state index contributed by atoms with van der Waals surface area (Å²) in [4.78, 5) is 10.2. The molecule has 0 saturated carbocycles. The molecule has 0 spiro atoms. The van der Waals surface area contributed by atoms with E-state index in [1.807, 2.05) is 0 Å². The van der Waals surface area contributed by atoms with Crippen molar-refractivity contribution in [2.45, 2.75) is 12.5 Å². The molecule has 0 unspecified atom stereocenters. The molecule has 60 valence electrons. The zero-order chi connectivity index (χ0) is 8.27. The monoisotopic (exact) mass is 156 g/mol. The lowest BCUT2D eigenvalue weighted by Gasteiger charge is -2.00. The first kappa shape index (κ1) is 7.74. The van der Waals surface area contributed by atoms with Crippen LogP contribution < -0.4 is 5.73 Å². The van der Waals surface area contributed by atoms with Crippen molar-refractivity contribution in [3.63, 3.8) is 0 Å². The molecule has 5 heteroatoms. The molecule has 0 aromatic carbocycles. The minimum atomic E-state index is -1.04. The van der Waals surface area contributed by atoms with Crippen molar-refractivity contribution in [2.75, 3.05) is 0 Å². The van der Waals surface area contributed by atoms with Gasteiger partial charge in [0.05, 0.1) is 6.20 Å². The first-order chi connectivity index (χ1) is 5.20. The second kappa shape index (κ2) is 3.16. The number of carboxylic acid groups (broad SMARTS) is 1. The summed E-state index contributed by atoms with van der Waals surface area (Å²) in [5, 5.41) is 11.8. The minimum Gasteiger partial charge on any atom is -0.480 e. The van der Waals surface area contributed by atoms with Crippen LogP contribution >= 0.6 is 0 Å². The molecule has 5 nitrogen and oxygen atoms in total. The Hall–Kier alpha value is -1.36. The number of hydrogen-bond donors (Lipinski definition) is 2. The number of nitrogens with zero attached hydrogens (tertiary/aromatic N) is 1. The average molecular weight is 156 g/mol. The number of nitrogens with two attached hydrogens (primary N) is 1. The fourth-order valence-electron chi connectivity index (χ4n) is 0.651. The van der Waals surface area contributed by atoms with Gasteiger partial charge >= 0.3 is 5.97 Å². The van der Waals surface area contributed by atoms with Crippen molar-refractivity contribution in [1.29, 1.82) is 0 Å². The molecule has 0 fully saturated rings. The third-order valence-electron chi connectivity index (χ3n) is 1.23. The molecule has 0 aliphatic carbocycles. The van der Waals surface area contributed by atoms with E-state index in [-0.39, 0.29) is 6.42 Å². The van der Waals surface area contributed by atoms with Crippen LogP contribution in [0.2, 0.25) is 0 Å². The summed E-state index contributed by atoms with van der Waals surface area (Å²) in [6, 6.07) is 0.672. The minimum absolute atomic E-state index is 0.176. The smallest absolute Gasteiger partial charge is 0.320 e. The number of aromatic nitrogens is 1. The number of carbonyl (C=O) groups is 1.